The maximum atomic E-state index is 13.0. The summed E-state index contributed by atoms with van der Waals surface area (Å²) in [6.45, 7) is 0. The zero-order valence-corrected chi connectivity index (χ0v) is 14.1. The Bertz CT molecular complexity index is 829. The van der Waals surface area contributed by atoms with E-state index in [2.05, 4.69) is 0 Å². The number of fused-ring (bicyclic) bond motifs is 3. The van der Waals surface area contributed by atoms with Crippen LogP contribution in [0, 0.1) is 0 Å². The molecule has 0 aromatic heterocycles. The van der Waals surface area contributed by atoms with Crippen molar-refractivity contribution in [3.8, 4) is 0 Å². The highest BCUT2D eigenvalue weighted by molar-refractivity contribution is 7.21. The molecule has 1 saturated carbocycles. The van der Waals surface area contributed by atoms with Gasteiger partial charge in [0.25, 0.3) is 6.13 Å². The first-order chi connectivity index (χ1) is 11.2. The number of carbonyl (C=O) groups is 1. The van der Waals surface area contributed by atoms with Gasteiger partial charge in [-0.05, 0) is 17.2 Å². The van der Waals surface area contributed by atoms with Crippen LogP contribution in [0.4, 0.5) is 0 Å². The van der Waals surface area contributed by atoms with Crippen LogP contribution in [-0.4, -0.2) is 82.5 Å². The van der Waals surface area contributed by atoms with Crippen molar-refractivity contribution in [2.45, 2.75) is 27.6 Å². The van der Waals surface area contributed by atoms with Crippen molar-refractivity contribution in [2.75, 3.05) is 0 Å². The topological polar surface area (TPSA) is 43.1 Å². The van der Waals surface area contributed by atoms with E-state index >= 15 is 0 Å². The third kappa shape index (κ3) is 1.87. The maximum Gasteiger partial charge on any atom is 0.282 e. The maximum absolute atomic E-state index is 13.0. The molecule has 2 N–H and O–H groups in total. The van der Waals surface area contributed by atoms with E-state index in [0.29, 0.717) is 0 Å². The molecule has 100 valence electrons. The molecule has 2 aliphatic rings. The number of halogens is 1. The third-order valence-corrected chi connectivity index (χ3v) is 6.31. The summed E-state index contributed by atoms with van der Waals surface area (Å²) in [5.74, 6) is -0.633. The number of ketones is 1. The van der Waals surface area contributed by atoms with E-state index in [0.717, 1.165) is 0 Å². The molecule has 1 fully saturated rings. The van der Waals surface area contributed by atoms with Gasteiger partial charge in [0.15, 0.2) is 5.78 Å². The van der Waals surface area contributed by atoms with E-state index in [1.165, 1.54) is 0 Å². The number of hydrogen-bond donors (Lipinski definition) is 1. The average Bonchev–Trinajstić information content (AvgIpc) is 2.70. The molecule has 2 unspecified atom stereocenters. The molecule has 1 aliphatic heterocycles. The van der Waals surface area contributed by atoms with Crippen LogP contribution in [0.5, 0.6) is 0 Å². The summed E-state index contributed by atoms with van der Waals surface area (Å²) in [5, 5.41) is -5.95. The van der Waals surface area contributed by atoms with Gasteiger partial charge in [0, 0.05) is 0 Å². The predicted molar refractivity (Wildman–Crippen MR) is 112 cm³/mol. The Morgan fingerprint density at radius 2 is 1.40 bits per heavy atom. The Morgan fingerprint density at radius 1 is 0.920 bits per heavy atom. The van der Waals surface area contributed by atoms with Crippen molar-refractivity contribution < 1.29 is 4.79 Å². The number of rotatable bonds is 0. The Hall–Kier alpha value is -0.211. The molecular weight excluding hydrogens is 318 g/mol. The van der Waals surface area contributed by atoms with Gasteiger partial charge >= 0.3 is 0 Å². The molecule has 13 heteroatoms. The summed E-state index contributed by atoms with van der Waals surface area (Å²) in [4.78, 5) is 13.0. The lowest BCUT2D eigenvalue weighted by Crippen LogP contribution is -2.68. The predicted octanol–water partition coefficient (Wildman–Crippen LogP) is -5.79. The zero-order valence-electron chi connectivity index (χ0n) is 13.3. The highest BCUT2D eigenvalue weighted by Gasteiger charge is 2.72. The van der Waals surface area contributed by atoms with Gasteiger partial charge in [-0.3, -0.25) is 4.79 Å². The number of hydrogen-bond acceptors (Lipinski definition) is 2. The van der Waals surface area contributed by atoms with Crippen LogP contribution in [0.15, 0.2) is 0 Å². The van der Waals surface area contributed by atoms with Crippen molar-refractivity contribution >= 4 is 121 Å². The molecule has 1 aliphatic carbocycles. The molecule has 1 aromatic carbocycles. The molecule has 0 amide bonds. The number of carbonyl (C=O) groups excluding carboxylic acids is 1. The minimum atomic E-state index is -2.06. The fourth-order valence-electron chi connectivity index (χ4n) is 4.01. The van der Waals surface area contributed by atoms with E-state index < -0.39 is 39.5 Å². The molecule has 0 saturated heterocycles. The molecule has 25 heavy (non-hydrogen) atoms. The summed E-state index contributed by atoms with van der Waals surface area (Å²) >= 11 is 6.57. The molecule has 0 bridgehead atoms. The van der Waals surface area contributed by atoms with Gasteiger partial charge in [-0.1, -0.05) is 10.9 Å². The number of benzene rings is 1. The van der Waals surface area contributed by atoms with Crippen LogP contribution in [-0.2, 0) is 10.3 Å². The van der Waals surface area contributed by atoms with Crippen molar-refractivity contribution in [1.29, 1.82) is 0 Å². The number of nitrogens with two attached hydrogens (primary N) is 1. The van der Waals surface area contributed by atoms with E-state index in [-0.39, 0.29) is 32.9 Å². The molecular formula is C12H4B10ClNO. The van der Waals surface area contributed by atoms with E-state index in [1.54, 1.807) is 0 Å². The standard InChI is InChI=1S/C12H4B10ClNO/c13-4-3-8(7(16)6(15)5(4)14)22(23)12(21)10(3,24)2(25)1-9(17,18)11(12,19)20/h1,24H2. The average molecular weight is 322 g/mol. The van der Waals surface area contributed by atoms with Crippen LogP contribution in [0.2, 0.25) is 15.6 Å². The first-order valence-electron chi connectivity index (χ1n) is 7.34. The SMILES string of the molecule is [B]c1c([B])c([B])c2c(c1[B])B(Cl)C1([B])C2(N)C(=O)CC([B])([B])C1([B])[B]. The molecule has 3 rings (SSSR count). The number of Topliss-reactive ketones (excluding diaryl/α,β-unsaturated/α-hetero) is 1. The second-order valence-electron chi connectivity index (χ2n) is 6.99. The van der Waals surface area contributed by atoms with Gasteiger partial charge in [0.1, 0.15) is 31.4 Å². The second kappa shape index (κ2) is 5.19. The molecule has 1 heterocycles. The summed E-state index contributed by atoms with van der Waals surface area (Å²) in [5.41, 5.74) is 4.56. The van der Waals surface area contributed by atoms with Gasteiger partial charge < -0.3 is 5.73 Å². The molecule has 18 radical (unpaired) electrons. The van der Waals surface area contributed by atoms with Crippen LogP contribution < -0.4 is 33.0 Å². The van der Waals surface area contributed by atoms with Gasteiger partial charge in [0.05, 0.1) is 44.8 Å². The zero-order chi connectivity index (χ0) is 19.3. The molecule has 1 aromatic rings. The lowest BCUT2D eigenvalue weighted by Gasteiger charge is -2.65. The summed E-state index contributed by atoms with van der Waals surface area (Å²) in [6.07, 6.45) is -1.70. The minimum Gasteiger partial charge on any atom is -0.316 e. The van der Waals surface area contributed by atoms with Crippen LogP contribution in [0.25, 0.3) is 0 Å². The van der Waals surface area contributed by atoms with E-state index in [9.17, 15) is 4.79 Å². The first kappa shape index (κ1) is 19.5. The molecule has 2 atom stereocenters. The highest BCUT2D eigenvalue weighted by atomic mass is 35.5. The van der Waals surface area contributed by atoms with Gasteiger partial charge in [-0.15, -0.1) is 26.8 Å². The van der Waals surface area contributed by atoms with Gasteiger partial charge in [0.2, 0.25) is 0 Å². The highest BCUT2D eigenvalue weighted by Crippen LogP contribution is 2.72. The van der Waals surface area contributed by atoms with Crippen LogP contribution in [0.1, 0.15) is 12.0 Å². The third-order valence-electron chi connectivity index (χ3n) is 5.75. The lowest BCUT2D eigenvalue weighted by atomic mass is 9.10. The molecule has 2 nitrogen and oxygen atoms in total. The summed E-state index contributed by atoms with van der Waals surface area (Å²) < 4.78 is 0. The largest absolute Gasteiger partial charge is 0.316 e. The van der Waals surface area contributed by atoms with Crippen LogP contribution in [0.3, 0.4) is 0 Å². The Labute approximate surface area is 165 Å². The minimum absolute atomic E-state index is 0.00556. The first-order valence-corrected chi connectivity index (χ1v) is 7.78. The molecule has 0 spiro atoms. The fraction of sp³-hybridized carbons (Fsp3) is 0.417. The quantitative estimate of drug-likeness (QED) is 0.484. The Balaban J connectivity index is 2.50. The van der Waals surface area contributed by atoms with Crippen molar-refractivity contribution in [3.05, 3.63) is 5.56 Å². The van der Waals surface area contributed by atoms with Crippen molar-refractivity contribution in [2.24, 2.45) is 5.73 Å². The van der Waals surface area contributed by atoms with Crippen molar-refractivity contribution in [1.82, 2.24) is 0 Å². The smallest absolute Gasteiger partial charge is 0.282 e. The van der Waals surface area contributed by atoms with E-state index in [4.69, 9.17) is 87.8 Å². The Morgan fingerprint density at radius 3 is 1.92 bits per heavy atom. The van der Waals surface area contributed by atoms with Crippen LogP contribution >= 0.6 is 11.5 Å². The van der Waals surface area contributed by atoms with Gasteiger partial charge in [-0.25, -0.2) is 0 Å². The normalized spacial score (nSPS) is 32.2. The monoisotopic (exact) mass is 323 g/mol. The summed E-state index contributed by atoms with van der Waals surface area (Å²) in [6, 6.07) is 0. The van der Waals surface area contributed by atoms with E-state index in [1.807, 2.05) is 0 Å². The van der Waals surface area contributed by atoms with Gasteiger partial charge in [-0.2, -0.15) is 11.5 Å². The summed E-state index contributed by atoms with van der Waals surface area (Å²) in [7, 11) is 54.8. The van der Waals surface area contributed by atoms with Crippen molar-refractivity contribution in [3.63, 3.8) is 0 Å². The second-order valence-corrected chi connectivity index (χ2v) is 7.43. The fourth-order valence-corrected chi connectivity index (χ4v) is 4.59. The Kier molecular flexibility index (Phi) is 4.06. The lowest BCUT2D eigenvalue weighted by molar-refractivity contribution is -0.127.